The number of hydrogen-bond acceptors (Lipinski definition) is 7. The van der Waals surface area contributed by atoms with E-state index in [0.717, 1.165) is 31.2 Å². The molecule has 1 aliphatic heterocycles. The minimum absolute atomic E-state index is 0.146. The molecular formula is C23H30N4O3S2. The van der Waals surface area contributed by atoms with Crippen molar-refractivity contribution in [3.05, 3.63) is 44.7 Å². The summed E-state index contributed by atoms with van der Waals surface area (Å²) in [4.78, 5) is 33.1. The molecule has 0 radical (unpaired) electrons. The number of ether oxygens (including phenoxy) is 1. The molecule has 172 valence electrons. The molecule has 9 heteroatoms. The van der Waals surface area contributed by atoms with E-state index < -0.39 is 0 Å². The SMILES string of the molecule is CCCCCN1C(=O)/C(=C\c2c(NCCCOCC)nc3c(C)cccn3c2=O)SC1=S. The second-order valence-corrected chi connectivity index (χ2v) is 9.26. The lowest BCUT2D eigenvalue weighted by Gasteiger charge is -2.14. The fraction of sp³-hybridized carbons (Fsp3) is 0.478. The third kappa shape index (κ3) is 5.57. The number of carbonyl (C=O) groups is 1. The topological polar surface area (TPSA) is 75.9 Å². The van der Waals surface area contributed by atoms with E-state index in [1.54, 1.807) is 17.2 Å². The van der Waals surface area contributed by atoms with Crippen LogP contribution in [0.4, 0.5) is 5.82 Å². The number of aryl methyl sites for hydroxylation is 1. The number of aromatic nitrogens is 2. The van der Waals surface area contributed by atoms with E-state index in [4.69, 9.17) is 21.9 Å². The Kier molecular flexibility index (Phi) is 8.84. The van der Waals surface area contributed by atoms with E-state index in [1.807, 2.05) is 26.0 Å². The zero-order chi connectivity index (χ0) is 23.1. The second kappa shape index (κ2) is 11.6. The molecule has 0 unspecified atom stereocenters. The highest BCUT2D eigenvalue weighted by molar-refractivity contribution is 8.26. The van der Waals surface area contributed by atoms with Crippen LogP contribution in [0.3, 0.4) is 0 Å². The number of rotatable bonds is 11. The van der Waals surface area contributed by atoms with Gasteiger partial charge in [-0.1, -0.05) is 49.8 Å². The highest BCUT2D eigenvalue weighted by Crippen LogP contribution is 2.33. The van der Waals surface area contributed by atoms with Crippen LogP contribution in [0.2, 0.25) is 0 Å². The molecule has 3 heterocycles. The van der Waals surface area contributed by atoms with Gasteiger partial charge in [-0.15, -0.1) is 0 Å². The standard InChI is InChI=1S/C23H30N4O3S2/c1-4-6-7-12-27-22(29)18(32-23(27)31)15-17-19(24-11-9-14-30-5-2)25-20-16(3)10-8-13-26(20)21(17)28/h8,10,13,15,24H,4-7,9,11-12,14H2,1-3H3/b18-15+. The summed E-state index contributed by atoms with van der Waals surface area (Å²) in [6.07, 6.45) is 7.13. The molecule has 1 fully saturated rings. The lowest BCUT2D eigenvalue weighted by Crippen LogP contribution is -2.29. The zero-order valence-electron chi connectivity index (χ0n) is 18.8. The van der Waals surface area contributed by atoms with Gasteiger partial charge in [0.25, 0.3) is 11.5 Å². The number of pyridine rings is 1. The van der Waals surface area contributed by atoms with Crippen LogP contribution >= 0.6 is 24.0 Å². The lowest BCUT2D eigenvalue weighted by atomic mass is 10.2. The van der Waals surface area contributed by atoms with Crippen molar-refractivity contribution in [2.45, 2.75) is 46.5 Å². The maximum Gasteiger partial charge on any atom is 0.267 e. The summed E-state index contributed by atoms with van der Waals surface area (Å²) >= 11 is 6.67. The van der Waals surface area contributed by atoms with E-state index in [9.17, 15) is 9.59 Å². The molecule has 0 aromatic carbocycles. The Balaban J connectivity index is 1.96. The number of thiocarbonyl (C=S) groups is 1. The van der Waals surface area contributed by atoms with E-state index >= 15 is 0 Å². The normalized spacial score (nSPS) is 15.3. The van der Waals surface area contributed by atoms with Gasteiger partial charge >= 0.3 is 0 Å². The van der Waals surface area contributed by atoms with E-state index in [2.05, 4.69) is 12.2 Å². The first kappa shape index (κ1) is 24.4. The third-order valence-corrected chi connectivity index (χ3v) is 6.56. The number of unbranched alkanes of at least 4 members (excludes halogenated alkanes) is 2. The Bertz CT molecular complexity index is 1080. The zero-order valence-corrected chi connectivity index (χ0v) is 20.5. The summed E-state index contributed by atoms with van der Waals surface area (Å²) in [5.74, 6) is 0.323. The summed E-state index contributed by atoms with van der Waals surface area (Å²) in [5, 5.41) is 3.27. The highest BCUT2D eigenvalue weighted by atomic mass is 32.2. The Morgan fingerprint density at radius 3 is 2.81 bits per heavy atom. The van der Waals surface area contributed by atoms with Crippen LogP contribution in [-0.2, 0) is 9.53 Å². The molecule has 0 saturated carbocycles. The van der Waals surface area contributed by atoms with Gasteiger partial charge < -0.3 is 10.1 Å². The summed E-state index contributed by atoms with van der Waals surface area (Å²) < 4.78 is 7.45. The molecular weight excluding hydrogens is 444 g/mol. The van der Waals surface area contributed by atoms with Crippen molar-refractivity contribution in [1.82, 2.24) is 14.3 Å². The van der Waals surface area contributed by atoms with Crippen molar-refractivity contribution in [3.8, 4) is 0 Å². The molecule has 1 N–H and O–H groups in total. The molecule has 32 heavy (non-hydrogen) atoms. The molecule has 0 aliphatic carbocycles. The molecule has 0 spiro atoms. The van der Waals surface area contributed by atoms with Crippen LogP contribution in [0, 0.1) is 6.92 Å². The Morgan fingerprint density at radius 1 is 1.25 bits per heavy atom. The van der Waals surface area contributed by atoms with Gasteiger partial charge in [0.05, 0.1) is 10.5 Å². The summed E-state index contributed by atoms with van der Waals surface area (Å²) in [6.45, 7) is 8.50. The first-order valence-electron chi connectivity index (χ1n) is 11.1. The Hall–Kier alpha value is -2.23. The molecule has 1 amide bonds. The number of nitrogens with one attached hydrogen (secondary N) is 1. The summed E-state index contributed by atoms with van der Waals surface area (Å²) in [7, 11) is 0. The molecule has 0 bridgehead atoms. The van der Waals surface area contributed by atoms with Crippen molar-refractivity contribution < 1.29 is 9.53 Å². The summed E-state index contributed by atoms with van der Waals surface area (Å²) in [5.41, 5.74) is 1.63. The molecule has 2 aromatic heterocycles. The maximum absolute atomic E-state index is 13.4. The highest BCUT2D eigenvalue weighted by Gasteiger charge is 2.32. The molecule has 2 aromatic rings. The van der Waals surface area contributed by atoms with Crippen molar-refractivity contribution in [1.29, 1.82) is 0 Å². The van der Waals surface area contributed by atoms with Gasteiger partial charge in [0.15, 0.2) is 0 Å². The van der Waals surface area contributed by atoms with E-state index in [1.165, 1.54) is 16.2 Å². The molecule has 1 aliphatic rings. The predicted molar refractivity (Wildman–Crippen MR) is 135 cm³/mol. The number of fused-ring (bicyclic) bond motifs is 1. The molecule has 7 nitrogen and oxygen atoms in total. The molecule has 0 atom stereocenters. The third-order valence-electron chi connectivity index (χ3n) is 5.18. The van der Waals surface area contributed by atoms with Crippen molar-refractivity contribution in [2.24, 2.45) is 0 Å². The van der Waals surface area contributed by atoms with Gasteiger partial charge in [0, 0.05) is 32.5 Å². The average molecular weight is 475 g/mol. The number of hydrogen-bond donors (Lipinski definition) is 1. The van der Waals surface area contributed by atoms with Gasteiger partial charge in [-0.25, -0.2) is 4.98 Å². The fourth-order valence-electron chi connectivity index (χ4n) is 3.45. The fourth-order valence-corrected chi connectivity index (χ4v) is 4.74. The van der Waals surface area contributed by atoms with Gasteiger partial charge in [0.2, 0.25) is 0 Å². The minimum atomic E-state index is -0.220. The predicted octanol–water partition coefficient (Wildman–Crippen LogP) is 4.23. The van der Waals surface area contributed by atoms with E-state index in [0.29, 0.717) is 52.6 Å². The van der Waals surface area contributed by atoms with Gasteiger partial charge in [-0.3, -0.25) is 18.9 Å². The lowest BCUT2D eigenvalue weighted by molar-refractivity contribution is -0.122. The number of carbonyl (C=O) groups excluding carboxylic acids is 1. The largest absolute Gasteiger partial charge is 0.382 e. The quantitative estimate of drug-likeness (QED) is 0.297. The first-order valence-corrected chi connectivity index (χ1v) is 12.3. The van der Waals surface area contributed by atoms with Crippen LogP contribution in [0.5, 0.6) is 0 Å². The smallest absolute Gasteiger partial charge is 0.267 e. The number of nitrogens with zero attached hydrogens (tertiary/aromatic N) is 3. The first-order chi connectivity index (χ1) is 15.5. The summed E-state index contributed by atoms with van der Waals surface area (Å²) in [6, 6.07) is 3.74. The monoisotopic (exact) mass is 474 g/mol. The number of amides is 1. The molecule has 1 saturated heterocycles. The van der Waals surface area contributed by atoms with Gasteiger partial charge in [-0.05, 0) is 44.4 Å². The Morgan fingerprint density at radius 2 is 2.06 bits per heavy atom. The average Bonchev–Trinajstić information content (AvgIpc) is 3.04. The number of anilines is 1. The van der Waals surface area contributed by atoms with Crippen LogP contribution in [0.1, 0.15) is 50.7 Å². The van der Waals surface area contributed by atoms with Crippen molar-refractivity contribution in [2.75, 3.05) is 31.6 Å². The van der Waals surface area contributed by atoms with E-state index in [-0.39, 0.29) is 11.5 Å². The van der Waals surface area contributed by atoms with Crippen molar-refractivity contribution in [3.63, 3.8) is 0 Å². The number of thioether (sulfide) groups is 1. The van der Waals surface area contributed by atoms with Crippen molar-refractivity contribution >= 4 is 51.7 Å². The van der Waals surface area contributed by atoms with Crippen LogP contribution < -0.4 is 10.9 Å². The van der Waals surface area contributed by atoms with Crippen LogP contribution in [-0.4, -0.2) is 50.8 Å². The maximum atomic E-state index is 13.4. The second-order valence-electron chi connectivity index (χ2n) is 7.58. The minimum Gasteiger partial charge on any atom is -0.382 e. The Labute approximate surface area is 198 Å². The van der Waals surface area contributed by atoms with Crippen LogP contribution in [0.25, 0.3) is 11.7 Å². The van der Waals surface area contributed by atoms with Gasteiger partial charge in [0.1, 0.15) is 15.8 Å². The van der Waals surface area contributed by atoms with Gasteiger partial charge in [-0.2, -0.15) is 0 Å². The molecule has 3 rings (SSSR count). The van der Waals surface area contributed by atoms with Crippen LogP contribution in [0.15, 0.2) is 28.0 Å².